The van der Waals surface area contributed by atoms with E-state index in [1.54, 1.807) is 23.9 Å². The monoisotopic (exact) mass is 394 g/mol. The zero-order valence-electron chi connectivity index (χ0n) is 16.6. The summed E-state index contributed by atoms with van der Waals surface area (Å²) in [6.45, 7) is 1.71. The van der Waals surface area contributed by atoms with Crippen LogP contribution in [0.25, 0.3) is 16.7 Å². The molecule has 0 aliphatic heterocycles. The van der Waals surface area contributed by atoms with Crippen molar-refractivity contribution in [1.82, 2.24) is 20.1 Å². The molecule has 29 heavy (non-hydrogen) atoms. The predicted molar refractivity (Wildman–Crippen MR) is 110 cm³/mol. The van der Waals surface area contributed by atoms with Crippen molar-refractivity contribution in [2.45, 2.75) is 31.8 Å². The van der Waals surface area contributed by atoms with Gasteiger partial charge < -0.3 is 14.8 Å². The number of hydrogen-bond donors (Lipinski definition) is 1. The van der Waals surface area contributed by atoms with E-state index in [9.17, 15) is 4.79 Å². The van der Waals surface area contributed by atoms with Crippen LogP contribution >= 0.6 is 0 Å². The number of aromatic nitrogens is 3. The van der Waals surface area contributed by atoms with Crippen molar-refractivity contribution in [2.24, 2.45) is 0 Å². The van der Waals surface area contributed by atoms with Crippen molar-refractivity contribution in [3.63, 3.8) is 0 Å². The van der Waals surface area contributed by atoms with Crippen molar-refractivity contribution in [2.75, 3.05) is 26.9 Å². The highest BCUT2D eigenvalue weighted by atomic mass is 16.5. The topological polar surface area (TPSA) is 78.3 Å². The quantitative estimate of drug-likeness (QED) is 0.565. The zero-order chi connectivity index (χ0) is 20.1. The zero-order valence-corrected chi connectivity index (χ0v) is 16.6. The van der Waals surface area contributed by atoms with E-state index in [0.29, 0.717) is 24.8 Å². The lowest BCUT2D eigenvalue weighted by molar-refractivity contribution is 0.00412. The van der Waals surface area contributed by atoms with Crippen molar-refractivity contribution < 1.29 is 14.3 Å². The first kappa shape index (κ1) is 19.5. The highest BCUT2D eigenvalue weighted by Crippen LogP contribution is 2.22. The third kappa shape index (κ3) is 4.63. The Morgan fingerprint density at radius 1 is 1.21 bits per heavy atom. The Labute approximate surface area is 170 Å². The Hall–Kier alpha value is -2.77. The summed E-state index contributed by atoms with van der Waals surface area (Å²) in [5.74, 6) is -0.120. The second-order valence-electron chi connectivity index (χ2n) is 7.28. The second-order valence-corrected chi connectivity index (χ2v) is 7.28. The van der Waals surface area contributed by atoms with Gasteiger partial charge in [0, 0.05) is 30.8 Å². The maximum Gasteiger partial charge on any atom is 0.251 e. The van der Waals surface area contributed by atoms with Crippen LogP contribution in [0.4, 0.5) is 0 Å². The summed E-state index contributed by atoms with van der Waals surface area (Å²) < 4.78 is 12.6. The highest BCUT2D eigenvalue weighted by Gasteiger charge is 2.17. The van der Waals surface area contributed by atoms with E-state index in [4.69, 9.17) is 9.47 Å². The molecule has 1 aliphatic rings. The summed E-state index contributed by atoms with van der Waals surface area (Å²) in [6.07, 6.45) is 8.70. The first-order valence-corrected chi connectivity index (χ1v) is 10.1. The number of methoxy groups -OCH3 is 1. The molecule has 0 atom stereocenters. The summed E-state index contributed by atoms with van der Waals surface area (Å²) in [7, 11) is 1.61. The Kier molecular flexibility index (Phi) is 6.17. The summed E-state index contributed by atoms with van der Waals surface area (Å²) >= 11 is 0. The largest absolute Gasteiger partial charge is 0.383 e. The molecule has 1 N–H and O–H groups in total. The molecule has 1 aliphatic carbocycles. The predicted octanol–water partition coefficient (Wildman–Crippen LogP) is 2.91. The maximum atomic E-state index is 12.1. The van der Waals surface area contributed by atoms with E-state index in [1.165, 1.54) is 19.3 Å². The number of nitrogens with zero attached hydrogens (tertiary/aromatic N) is 3. The molecule has 1 fully saturated rings. The van der Waals surface area contributed by atoms with Crippen LogP contribution in [0.5, 0.6) is 0 Å². The third-order valence-corrected chi connectivity index (χ3v) is 5.23. The third-order valence-electron chi connectivity index (χ3n) is 5.23. The number of ether oxygens (including phenoxy) is 2. The van der Waals surface area contributed by atoms with Gasteiger partial charge in [-0.2, -0.15) is 5.10 Å². The molecule has 4 rings (SSSR count). The van der Waals surface area contributed by atoms with Gasteiger partial charge in [0.1, 0.15) is 0 Å². The van der Waals surface area contributed by atoms with Gasteiger partial charge in [-0.1, -0.05) is 0 Å². The van der Waals surface area contributed by atoms with Crippen molar-refractivity contribution in [3.8, 4) is 5.69 Å². The number of carbonyl (C=O) groups excluding carboxylic acids is 1. The van der Waals surface area contributed by atoms with Gasteiger partial charge in [-0.3, -0.25) is 4.79 Å². The van der Waals surface area contributed by atoms with Crippen LogP contribution in [0.2, 0.25) is 0 Å². The molecule has 0 spiro atoms. The van der Waals surface area contributed by atoms with Gasteiger partial charge in [0.15, 0.2) is 5.65 Å². The van der Waals surface area contributed by atoms with Crippen molar-refractivity contribution >= 4 is 16.9 Å². The van der Waals surface area contributed by atoms with E-state index < -0.39 is 0 Å². The fraction of sp³-hybridized carbons (Fsp3) is 0.409. The number of pyridine rings is 1. The minimum absolute atomic E-state index is 0.120. The molecule has 2 heterocycles. The first-order valence-electron chi connectivity index (χ1n) is 10.1. The molecule has 152 valence electrons. The molecule has 7 heteroatoms. The second kappa shape index (κ2) is 9.15. The maximum absolute atomic E-state index is 12.1. The average Bonchev–Trinajstić information content (AvgIpc) is 3.13. The molecule has 1 aromatic carbocycles. The molecular formula is C22H26N4O3. The Morgan fingerprint density at radius 2 is 2.03 bits per heavy atom. The van der Waals surface area contributed by atoms with Gasteiger partial charge >= 0.3 is 0 Å². The molecule has 0 radical (unpaired) electrons. The molecule has 1 amide bonds. The van der Waals surface area contributed by atoms with Crippen LogP contribution < -0.4 is 5.32 Å². The van der Waals surface area contributed by atoms with Gasteiger partial charge in [0.05, 0.1) is 31.2 Å². The number of hydrogen-bond acceptors (Lipinski definition) is 5. The van der Waals surface area contributed by atoms with Gasteiger partial charge in [-0.15, -0.1) is 0 Å². The number of rotatable bonds is 9. The lowest BCUT2D eigenvalue weighted by Crippen LogP contribution is -2.26. The van der Waals surface area contributed by atoms with Crippen LogP contribution in [0.15, 0.2) is 42.7 Å². The number of fused-ring (bicyclic) bond motifs is 1. The minimum atomic E-state index is -0.120. The van der Waals surface area contributed by atoms with Crippen molar-refractivity contribution in [3.05, 3.63) is 53.9 Å². The summed E-state index contributed by atoms with van der Waals surface area (Å²) in [5.41, 5.74) is 3.41. The Morgan fingerprint density at radius 3 is 2.76 bits per heavy atom. The number of amides is 1. The van der Waals surface area contributed by atoms with Crippen LogP contribution in [0, 0.1) is 0 Å². The lowest BCUT2D eigenvalue weighted by atomic mass is 9.96. The molecule has 0 bridgehead atoms. The molecule has 2 aromatic heterocycles. The summed E-state index contributed by atoms with van der Waals surface area (Å²) in [4.78, 5) is 16.7. The van der Waals surface area contributed by atoms with Crippen molar-refractivity contribution in [1.29, 1.82) is 0 Å². The fourth-order valence-electron chi connectivity index (χ4n) is 3.30. The molecule has 3 aromatic rings. The summed E-state index contributed by atoms with van der Waals surface area (Å²) in [6, 6.07) is 9.45. The van der Waals surface area contributed by atoms with Gasteiger partial charge in [-0.05, 0) is 61.6 Å². The van der Waals surface area contributed by atoms with Gasteiger partial charge in [-0.25, -0.2) is 9.67 Å². The number of carbonyl (C=O) groups is 1. The number of benzene rings is 1. The minimum Gasteiger partial charge on any atom is -0.383 e. The Bertz CT molecular complexity index is 964. The van der Waals surface area contributed by atoms with E-state index in [0.717, 1.165) is 35.3 Å². The smallest absolute Gasteiger partial charge is 0.251 e. The molecule has 0 saturated heterocycles. The normalized spacial score (nSPS) is 14.1. The van der Waals surface area contributed by atoms with Crippen LogP contribution in [-0.2, 0) is 15.9 Å². The van der Waals surface area contributed by atoms with Crippen LogP contribution in [-0.4, -0.2) is 53.6 Å². The highest BCUT2D eigenvalue weighted by molar-refractivity contribution is 5.94. The SMILES string of the molecule is COCCNC(=O)c1ccc(-n2ncc3cc(CCOC4CCC4)cnc32)cc1. The Balaban J connectivity index is 1.42. The molecular weight excluding hydrogens is 368 g/mol. The summed E-state index contributed by atoms with van der Waals surface area (Å²) in [5, 5.41) is 8.28. The molecule has 1 saturated carbocycles. The van der Waals surface area contributed by atoms with Gasteiger partial charge in [0.25, 0.3) is 5.91 Å². The van der Waals surface area contributed by atoms with E-state index in [2.05, 4.69) is 21.5 Å². The van der Waals surface area contributed by atoms with E-state index >= 15 is 0 Å². The lowest BCUT2D eigenvalue weighted by Gasteiger charge is -2.25. The van der Waals surface area contributed by atoms with Crippen LogP contribution in [0.1, 0.15) is 35.2 Å². The molecule has 7 nitrogen and oxygen atoms in total. The fourth-order valence-corrected chi connectivity index (χ4v) is 3.30. The van der Waals surface area contributed by atoms with E-state index in [-0.39, 0.29) is 5.91 Å². The first-order chi connectivity index (χ1) is 14.2. The van der Waals surface area contributed by atoms with Gasteiger partial charge in [0.2, 0.25) is 0 Å². The number of nitrogens with one attached hydrogen (secondary N) is 1. The van der Waals surface area contributed by atoms with E-state index in [1.807, 2.05) is 24.5 Å². The molecule has 0 unspecified atom stereocenters. The average molecular weight is 394 g/mol. The standard InChI is InChI=1S/C22H26N4O3/c1-28-12-10-23-22(27)17-5-7-19(8-6-17)26-21-18(15-25-26)13-16(14-24-21)9-11-29-20-3-2-4-20/h5-8,13-15,20H,2-4,9-12H2,1H3,(H,23,27). The van der Waals surface area contributed by atoms with Crippen LogP contribution in [0.3, 0.4) is 0 Å².